The van der Waals surface area contributed by atoms with Crippen LogP contribution in [-0.2, 0) is 9.53 Å². The van der Waals surface area contributed by atoms with Crippen LogP contribution in [0.25, 0.3) is 0 Å². The predicted molar refractivity (Wildman–Crippen MR) is 70.5 cm³/mol. The van der Waals surface area contributed by atoms with Gasteiger partial charge in [-0.1, -0.05) is 13.3 Å². The van der Waals surface area contributed by atoms with Gasteiger partial charge in [-0.15, -0.1) is 0 Å². The van der Waals surface area contributed by atoms with Crippen LogP contribution in [0.5, 0.6) is 0 Å². The molecule has 0 aromatic rings. The van der Waals surface area contributed by atoms with E-state index in [1.54, 1.807) is 4.90 Å². The van der Waals surface area contributed by atoms with Gasteiger partial charge in [-0.3, -0.25) is 4.90 Å². The van der Waals surface area contributed by atoms with Gasteiger partial charge >= 0.3 is 6.09 Å². The highest BCUT2D eigenvalue weighted by Crippen LogP contribution is 2.28. The van der Waals surface area contributed by atoms with E-state index in [2.05, 4.69) is 0 Å². The lowest BCUT2D eigenvalue weighted by Gasteiger charge is -2.41. The summed E-state index contributed by atoms with van der Waals surface area (Å²) in [7, 11) is 0. The van der Waals surface area contributed by atoms with Gasteiger partial charge in [0.2, 0.25) is 0 Å². The molecule has 18 heavy (non-hydrogen) atoms. The molecule has 4 heteroatoms. The molecular weight excluding hydrogens is 230 g/mol. The van der Waals surface area contributed by atoms with Gasteiger partial charge in [0.15, 0.2) is 0 Å². The van der Waals surface area contributed by atoms with Crippen LogP contribution >= 0.6 is 0 Å². The molecular formula is C14H25NO3. The minimum atomic E-state index is -0.515. The third-order valence-corrected chi connectivity index (χ3v) is 3.17. The fourth-order valence-corrected chi connectivity index (χ4v) is 2.10. The molecule has 0 aromatic heterocycles. The monoisotopic (exact) mass is 255 g/mol. The van der Waals surface area contributed by atoms with Crippen molar-refractivity contribution in [3.05, 3.63) is 0 Å². The number of carbonyl (C=O) groups is 2. The van der Waals surface area contributed by atoms with Crippen LogP contribution in [0.1, 0.15) is 59.8 Å². The Kier molecular flexibility index (Phi) is 5.17. The van der Waals surface area contributed by atoms with Crippen molar-refractivity contribution in [3.8, 4) is 0 Å². The van der Waals surface area contributed by atoms with E-state index in [1.165, 1.54) is 0 Å². The molecule has 1 aliphatic rings. The molecule has 1 rings (SSSR count). The quantitative estimate of drug-likeness (QED) is 0.709. The zero-order valence-corrected chi connectivity index (χ0v) is 11.9. The van der Waals surface area contributed by atoms with E-state index in [-0.39, 0.29) is 18.2 Å². The summed E-state index contributed by atoms with van der Waals surface area (Å²) in [5, 5.41) is 0. The molecule has 0 aliphatic heterocycles. The molecule has 0 radical (unpaired) electrons. The fraction of sp³-hybridized carbons (Fsp3) is 0.857. The number of amides is 1. The van der Waals surface area contributed by atoms with Crippen molar-refractivity contribution in [2.24, 2.45) is 0 Å². The second kappa shape index (κ2) is 6.21. The molecule has 1 atom stereocenters. The number of carbonyl (C=O) groups excluding carboxylic acids is 2. The second-order valence-corrected chi connectivity index (χ2v) is 5.96. The highest BCUT2D eigenvalue weighted by atomic mass is 16.6. The Morgan fingerprint density at radius 1 is 1.44 bits per heavy atom. The maximum absolute atomic E-state index is 12.2. The van der Waals surface area contributed by atoms with Gasteiger partial charge in [0.25, 0.3) is 0 Å². The number of hydrogen-bond acceptors (Lipinski definition) is 3. The van der Waals surface area contributed by atoms with Gasteiger partial charge in [0, 0.05) is 6.04 Å². The summed E-state index contributed by atoms with van der Waals surface area (Å²) in [6.45, 7) is 7.56. The largest absolute Gasteiger partial charge is 0.444 e. The first-order valence-corrected chi connectivity index (χ1v) is 6.85. The standard InChI is InChI=1S/C14H25NO3/c1-5-7-12(10-16)15(11-8-6-9-11)13(17)18-14(2,3)4/h10-12H,5-9H2,1-4H3. The number of hydrogen-bond donors (Lipinski definition) is 0. The van der Waals surface area contributed by atoms with Crippen LogP contribution in [0.2, 0.25) is 0 Å². The minimum absolute atomic E-state index is 0.182. The Morgan fingerprint density at radius 2 is 2.06 bits per heavy atom. The molecule has 1 unspecified atom stereocenters. The summed E-state index contributed by atoms with van der Waals surface area (Å²) in [5.41, 5.74) is -0.515. The van der Waals surface area contributed by atoms with E-state index in [0.717, 1.165) is 32.0 Å². The van der Waals surface area contributed by atoms with Crippen LogP contribution in [0.4, 0.5) is 4.79 Å². The fourth-order valence-electron chi connectivity index (χ4n) is 2.10. The van der Waals surface area contributed by atoms with Gasteiger partial charge in [-0.05, 0) is 46.5 Å². The summed E-state index contributed by atoms with van der Waals surface area (Å²) >= 11 is 0. The molecule has 0 N–H and O–H groups in total. The summed E-state index contributed by atoms with van der Waals surface area (Å²) in [5.74, 6) is 0. The highest BCUT2D eigenvalue weighted by molar-refractivity contribution is 5.74. The molecule has 104 valence electrons. The molecule has 0 heterocycles. The van der Waals surface area contributed by atoms with Gasteiger partial charge in [-0.2, -0.15) is 0 Å². The Bertz CT molecular complexity index is 292. The third-order valence-electron chi connectivity index (χ3n) is 3.17. The van der Waals surface area contributed by atoms with E-state index >= 15 is 0 Å². The first kappa shape index (κ1) is 15.0. The van der Waals surface area contributed by atoms with E-state index in [4.69, 9.17) is 4.74 Å². The minimum Gasteiger partial charge on any atom is -0.444 e. The number of aldehydes is 1. The Hall–Kier alpha value is -1.06. The first-order valence-electron chi connectivity index (χ1n) is 6.85. The Labute approximate surface area is 110 Å². The van der Waals surface area contributed by atoms with Crippen LogP contribution < -0.4 is 0 Å². The summed E-state index contributed by atoms with van der Waals surface area (Å²) in [6.07, 6.45) is 5.21. The molecule has 1 amide bonds. The normalized spacial score (nSPS) is 17.8. The summed E-state index contributed by atoms with van der Waals surface area (Å²) < 4.78 is 5.41. The third kappa shape index (κ3) is 4.00. The van der Waals surface area contributed by atoms with Crippen molar-refractivity contribution in [1.82, 2.24) is 4.90 Å². The maximum Gasteiger partial charge on any atom is 0.411 e. The van der Waals surface area contributed by atoms with Crippen molar-refractivity contribution in [1.29, 1.82) is 0 Å². The molecule has 0 aromatic carbocycles. The van der Waals surface area contributed by atoms with Crippen LogP contribution in [0.15, 0.2) is 0 Å². The number of ether oxygens (including phenoxy) is 1. The molecule has 1 aliphatic carbocycles. The molecule has 0 bridgehead atoms. The maximum atomic E-state index is 12.2. The van der Waals surface area contributed by atoms with E-state index < -0.39 is 5.60 Å². The zero-order chi connectivity index (χ0) is 13.8. The van der Waals surface area contributed by atoms with Crippen molar-refractivity contribution >= 4 is 12.4 Å². The molecule has 0 saturated heterocycles. The Morgan fingerprint density at radius 3 is 2.39 bits per heavy atom. The average molecular weight is 255 g/mol. The van der Waals surface area contributed by atoms with Crippen molar-refractivity contribution in [2.45, 2.75) is 77.5 Å². The first-order chi connectivity index (χ1) is 8.39. The van der Waals surface area contributed by atoms with Gasteiger partial charge in [-0.25, -0.2) is 4.79 Å². The van der Waals surface area contributed by atoms with Crippen LogP contribution in [0.3, 0.4) is 0 Å². The zero-order valence-electron chi connectivity index (χ0n) is 11.9. The van der Waals surface area contributed by atoms with Crippen molar-refractivity contribution in [2.75, 3.05) is 0 Å². The molecule has 0 spiro atoms. The lowest BCUT2D eigenvalue weighted by atomic mass is 9.90. The SMILES string of the molecule is CCCC(C=O)N(C(=O)OC(C)(C)C)C1CCC1. The summed E-state index contributed by atoms with van der Waals surface area (Å²) in [6, 6.07) is -0.156. The van der Waals surface area contributed by atoms with Gasteiger partial charge < -0.3 is 9.53 Å². The average Bonchev–Trinajstić information content (AvgIpc) is 2.17. The summed E-state index contributed by atoms with van der Waals surface area (Å²) in [4.78, 5) is 25.1. The highest BCUT2D eigenvalue weighted by Gasteiger charge is 2.36. The second-order valence-electron chi connectivity index (χ2n) is 5.96. The lowest BCUT2D eigenvalue weighted by Crippen LogP contribution is -2.52. The smallest absolute Gasteiger partial charge is 0.411 e. The van der Waals surface area contributed by atoms with Crippen molar-refractivity contribution in [3.63, 3.8) is 0 Å². The lowest BCUT2D eigenvalue weighted by molar-refractivity contribution is -0.114. The van der Waals surface area contributed by atoms with Crippen LogP contribution in [0, 0.1) is 0 Å². The van der Waals surface area contributed by atoms with E-state index in [0.29, 0.717) is 6.42 Å². The number of rotatable bonds is 5. The number of nitrogens with zero attached hydrogens (tertiary/aromatic N) is 1. The van der Waals surface area contributed by atoms with Gasteiger partial charge in [0.1, 0.15) is 11.9 Å². The van der Waals surface area contributed by atoms with Crippen molar-refractivity contribution < 1.29 is 14.3 Å². The predicted octanol–water partition coefficient (Wildman–Crippen LogP) is 3.14. The molecule has 1 saturated carbocycles. The van der Waals surface area contributed by atoms with E-state index in [9.17, 15) is 9.59 Å². The topological polar surface area (TPSA) is 46.6 Å². The van der Waals surface area contributed by atoms with E-state index in [1.807, 2.05) is 27.7 Å². The Balaban J connectivity index is 2.76. The molecule has 4 nitrogen and oxygen atoms in total. The van der Waals surface area contributed by atoms with Crippen LogP contribution in [-0.4, -0.2) is 35.0 Å². The molecule has 1 fully saturated rings. The van der Waals surface area contributed by atoms with Gasteiger partial charge in [0.05, 0.1) is 6.04 Å².